The lowest BCUT2D eigenvalue weighted by molar-refractivity contribution is -0.118. The lowest BCUT2D eigenvalue weighted by Gasteiger charge is -2.21. The van der Waals surface area contributed by atoms with Crippen molar-refractivity contribution in [1.29, 1.82) is 0 Å². The Morgan fingerprint density at radius 2 is 2.00 bits per heavy atom. The van der Waals surface area contributed by atoms with Crippen molar-refractivity contribution in [3.05, 3.63) is 24.5 Å². The maximum Gasteiger partial charge on any atom is 0.230 e. The molecule has 2 heterocycles. The van der Waals surface area contributed by atoms with Crippen molar-refractivity contribution in [3.8, 4) is 11.4 Å². The van der Waals surface area contributed by atoms with Crippen molar-refractivity contribution in [1.82, 2.24) is 25.1 Å². The van der Waals surface area contributed by atoms with Crippen LogP contribution in [-0.2, 0) is 11.3 Å². The smallest absolute Gasteiger partial charge is 0.230 e. The van der Waals surface area contributed by atoms with Crippen molar-refractivity contribution >= 4 is 17.7 Å². The van der Waals surface area contributed by atoms with E-state index in [9.17, 15) is 4.79 Å². The average Bonchev–Trinajstić information content (AvgIpc) is 3.09. The number of hydrogen-bond donors (Lipinski definition) is 1. The molecular weight excluding hydrogens is 334 g/mol. The number of hydrogen-bond acceptors (Lipinski definition) is 5. The molecule has 0 saturated heterocycles. The van der Waals surface area contributed by atoms with Gasteiger partial charge in [0.2, 0.25) is 5.91 Å². The molecule has 0 radical (unpaired) electrons. The van der Waals surface area contributed by atoms with Gasteiger partial charge in [-0.1, -0.05) is 31.0 Å². The van der Waals surface area contributed by atoms with E-state index in [1.54, 1.807) is 12.4 Å². The number of carbonyl (C=O) groups is 1. The number of nitrogens with one attached hydrogen (secondary N) is 1. The molecule has 0 atom stereocenters. The number of thioether (sulfide) groups is 1. The van der Waals surface area contributed by atoms with Gasteiger partial charge in [0.25, 0.3) is 0 Å². The van der Waals surface area contributed by atoms with Crippen LogP contribution in [0.5, 0.6) is 0 Å². The van der Waals surface area contributed by atoms with Crippen LogP contribution in [0.25, 0.3) is 11.4 Å². The molecule has 134 valence electrons. The third kappa shape index (κ3) is 4.81. The molecule has 0 aromatic carbocycles. The zero-order valence-corrected chi connectivity index (χ0v) is 15.5. The highest BCUT2D eigenvalue weighted by atomic mass is 32.2. The van der Waals surface area contributed by atoms with E-state index < -0.39 is 0 Å². The maximum atomic E-state index is 12.1. The molecule has 2 aromatic rings. The second-order valence-electron chi connectivity index (χ2n) is 6.38. The summed E-state index contributed by atoms with van der Waals surface area (Å²) in [6, 6.07) is 3.84. The van der Waals surface area contributed by atoms with Gasteiger partial charge in [-0.3, -0.25) is 9.78 Å². The van der Waals surface area contributed by atoms with E-state index in [0.29, 0.717) is 11.7 Å². The van der Waals surface area contributed by atoms with Gasteiger partial charge >= 0.3 is 0 Å². The minimum Gasteiger partial charge on any atom is -0.355 e. The number of carbonyl (C=O) groups excluding carboxylic acids is 1. The molecule has 0 unspecified atom stereocenters. The van der Waals surface area contributed by atoms with Crippen LogP contribution in [-0.4, -0.2) is 38.0 Å². The Morgan fingerprint density at radius 3 is 2.72 bits per heavy atom. The lowest BCUT2D eigenvalue weighted by Crippen LogP contribution is -2.31. The minimum atomic E-state index is 0.0756. The zero-order valence-electron chi connectivity index (χ0n) is 14.6. The molecule has 0 spiro atoms. The van der Waals surface area contributed by atoms with Crippen molar-refractivity contribution in [2.24, 2.45) is 5.92 Å². The highest BCUT2D eigenvalue weighted by Gasteiger charge is 2.16. The summed E-state index contributed by atoms with van der Waals surface area (Å²) in [6.45, 7) is 3.63. The van der Waals surface area contributed by atoms with E-state index >= 15 is 0 Å². The topological polar surface area (TPSA) is 72.7 Å². The Balaban J connectivity index is 1.54. The SMILES string of the molecule is CCn1c(SCC(=O)NCC2CCCCC2)nnc1-c1ccncc1. The van der Waals surface area contributed by atoms with Gasteiger partial charge in [-0.2, -0.15) is 0 Å². The van der Waals surface area contributed by atoms with E-state index in [-0.39, 0.29) is 5.91 Å². The number of nitrogens with zero attached hydrogens (tertiary/aromatic N) is 4. The van der Waals surface area contributed by atoms with Crippen LogP contribution in [0.3, 0.4) is 0 Å². The molecule has 3 rings (SSSR count). The van der Waals surface area contributed by atoms with Crippen molar-refractivity contribution in [2.45, 2.75) is 50.7 Å². The van der Waals surface area contributed by atoms with Gasteiger partial charge in [-0.15, -0.1) is 10.2 Å². The Bertz CT molecular complexity index is 682. The highest BCUT2D eigenvalue weighted by Crippen LogP contribution is 2.24. The van der Waals surface area contributed by atoms with Gasteiger partial charge in [0.15, 0.2) is 11.0 Å². The fourth-order valence-electron chi connectivity index (χ4n) is 3.23. The highest BCUT2D eigenvalue weighted by molar-refractivity contribution is 7.99. The molecule has 0 bridgehead atoms. The fourth-order valence-corrected chi connectivity index (χ4v) is 4.06. The summed E-state index contributed by atoms with van der Waals surface area (Å²) in [4.78, 5) is 16.2. The first-order chi connectivity index (χ1) is 12.3. The molecule has 2 aromatic heterocycles. The van der Waals surface area contributed by atoms with Gasteiger partial charge in [0.05, 0.1) is 5.75 Å². The molecule has 1 aliphatic carbocycles. The number of pyridine rings is 1. The number of aromatic nitrogens is 4. The number of rotatable bonds is 7. The third-order valence-corrected chi connectivity index (χ3v) is 5.58. The van der Waals surface area contributed by atoms with Gasteiger partial charge in [-0.25, -0.2) is 0 Å². The molecule has 1 amide bonds. The Morgan fingerprint density at radius 1 is 1.24 bits per heavy atom. The summed E-state index contributed by atoms with van der Waals surface area (Å²) in [5.41, 5.74) is 0.984. The van der Waals surface area contributed by atoms with Crippen LogP contribution in [0.1, 0.15) is 39.0 Å². The second-order valence-corrected chi connectivity index (χ2v) is 7.33. The quantitative estimate of drug-likeness (QED) is 0.769. The number of amides is 1. The molecule has 0 aliphatic heterocycles. The molecule has 1 aliphatic rings. The molecule has 1 saturated carbocycles. The first kappa shape index (κ1) is 17.9. The van der Waals surface area contributed by atoms with E-state index in [1.807, 2.05) is 16.7 Å². The van der Waals surface area contributed by atoms with E-state index in [4.69, 9.17) is 0 Å². The lowest BCUT2D eigenvalue weighted by atomic mass is 9.89. The molecule has 1 fully saturated rings. The fraction of sp³-hybridized carbons (Fsp3) is 0.556. The standard InChI is InChI=1S/C18H25N5OS/c1-2-23-17(15-8-10-19-11-9-15)21-22-18(23)25-13-16(24)20-12-14-6-4-3-5-7-14/h8-11,14H,2-7,12-13H2,1H3,(H,20,24). The summed E-state index contributed by atoms with van der Waals surface area (Å²) in [5.74, 6) is 1.92. The molecule has 1 N–H and O–H groups in total. The normalized spacial score (nSPS) is 15.2. The molecule has 6 nitrogen and oxygen atoms in total. The first-order valence-electron chi connectivity index (χ1n) is 9.01. The van der Waals surface area contributed by atoms with Crippen LogP contribution in [0.2, 0.25) is 0 Å². The van der Waals surface area contributed by atoms with Crippen LogP contribution in [0, 0.1) is 5.92 Å². The van der Waals surface area contributed by atoms with Crippen LogP contribution < -0.4 is 5.32 Å². The predicted octanol–water partition coefficient (Wildman–Crippen LogP) is 3.15. The largest absolute Gasteiger partial charge is 0.355 e. The van der Waals surface area contributed by atoms with Crippen LogP contribution >= 0.6 is 11.8 Å². The minimum absolute atomic E-state index is 0.0756. The monoisotopic (exact) mass is 359 g/mol. The average molecular weight is 359 g/mol. The van der Waals surface area contributed by atoms with Crippen molar-refractivity contribution in [3.63, 3.8) is 0 Å². The van der Waals surface area contributed by atoms with Crippen molar-refractivity contribution in [2.75, 3.05) is 12.3 Å². The summed E-state index contributed by atoms with van der Waals surface area (Å²) in [6.07, 6.45) is 9.91. The molecule has 7 heteroatoms. The van der Waals surface area contributed by atoms with Crippen LogP contribution in [0.15, 0.2) is 29.7 Å². The summed E-state index contributed by atoms with van der Waals surface area (Å²) >= 11 is 1.44. The van der Waals surface area contributed by atoms with Gasteiger partial charge in [0.1, 0.15) is 0 Å². The Hall–Kier alpha value is -1.89. The van der Waals surface area contributed by atoms with Gasteiger partial charge in [-0.05, 0) is 37.8 Å². The first-order valence-corrected chi connectivity index (χ1v) is 9.99. The van der Waals surface area contributed by atoms with Gasteiger partial charge < -0.3 is 9.88 Å². The van der Waals surface area contributed by atoms with E-state index in [0.717, 1.165) is 29.6 Å². The Labute approximate surface area is 152 Å². The van der Waals surface area contributed by atoms with E-state index in [1.165, 1.54) is 43.9 Å². The van der Waals surface area contributed by atoms with Crippen LogP contribution in [0.4, 0.5) is 0 Å². The summed E-state index contributed by atoms with van der Waals surface area (Å²) < 4.78 is 2.04. The Kier molecular flexibility index (Phi) is 6.44. The summed E-state index contributed by atoms with van der Waals surface area (Å²) in [5, 5.41) is 12.4. The summed E-state index contributed by atoms with van der Waals surface area (Å²) in [7, 11) is 0. The second kappa shape index (κ2) is 8.99. The van der Waals surface area contributed by atoms with Gasteiger partial charge in [0, 0.05) is 31.0 Å². The zero-order chi connectivity index (χ0) is 17.5. The third-order valence-electron chi connectivity index (χ3n) is 4.62. The van der Waals surface area contributed by atoms with Crippen molar-refractivity contribution < 1.29 is 4.79 Å². The van der Waals surface area contributed by atoms with E-state index in [2.05, 4.69) is 27.4 Å². The molecule has 25 heavy (non-hydrogen) atoms. The maximum absolute atomic E-state index is 12.1. The predicted molar refractivity (Wildman–Crippen MR) is 99.2 cm³/mol. The molecular formula is C18H25N5OS.